The molecule has 0 amide bonds. The fourth-order valence-electron chi connectivity index (χ4n) is 4.71. The molecule has 0 saturated heterocycles. The molecule has 1 aliphatic carbocycles. The number of allylic oxidation sites excluding steroid dienone is 3. The van der Waals surface area contributed by atoms with Crippen LogP contribution in [-0.4, -0.2) is 20.6 Å². The van der Waals surface area contributed by atoms with Crippen LogP contribution >= 0.6 is 0 Å². The first-order valence-corrected chi connectivity index (χ1v) is 14.5. The van der Waals surface area contributed by atoms with E-state index in [0.717, 1.165) is 6.54 Å². The summed E-state index contributed by atoms with van der Waals surface area (Å²) in [7, 11) is -0.292. The Morgan fingerprint density at radius 2 is 1.51 bits per heavy atom. The van der Waals surface area contributed by atoms with E-state index >= 15 is 0 Å². The van der Waals surface area contributed by atoms with Crippen molar-refractivity contribution in [1.82, 2.24) is 0 Å². The van der Waals surface area contributed by atoms with Crippen LogP contribution < -0.4 is 29.7 Å². The zero-order valence-corrected chi connectivity index (χ0v) is 26.3. The predicted molar refractivity (Wildman–Crippen MR) is 151 cm³/mol. The van der Waals surface area contributed by atoms with Gasteiger partial charge in [0.05, 0.1) is 0 Å². The molecular weight excluding hydrogens is 589 g/mol. The van der Waals surface area contributed by atoms with Crippen LogP contribution in [0, 0.1) is 6.92 Å². The van der Waals surface area contributed by atoms with Gasteiger partial charge in [0.1, 0.15) is 0 Å². The molecule has 1 radical (unpaired) electrons. The van der Waals surface area contributed by atoms with Crippen molar-refractivity contribution in [2.45, 2.75) is 20.0 Å². The number of nitrogens with zero attached hydrogens (tertiary/aromatic N) is 1. The molecule has 0 unspecified atom stereocenters. The molecule has 1 heterocycles. The standard InChI is InChI=1S/C16H17NSi.C16H13.2ClH.Zr/c1-18(2)12-13-8-14-10-17(11-15(14)9-13)16-6-4-3-5-7-16;1-12-10-14-8-5-9-15(16(14)11-12)13-6-3-2-4-7-13;;;/h3-10,12H,11H2,1-2H3;2-11H,1H3;2*1H;/q;-1;;;+3/p-2. The summed E-state index contributed by atoms with van der Waals surface area (Å²) in [5, 5.41) is 2.69. The maximum atomic E-state index is 2.42. The summed E-state index contributed by atoms with van der Waals surface area (Å²) in [4.78, 5) is 2.32. The van der Waals surface area contributed by atoms with E-state index in [9.17, 15) is 0 Å². The Morgan fingerprint density at radius 1 is 0.838 bits per heavy atom. The molecule has 0 N–H and O–H groups in total. The van der Waals surface area contributed by atoms with Crippen LogP contribution in [-0.2, 0) is 26.2 Å². The molecule has 0 aromatic heterocycles. The summed E-state index contributed by atoms with van der Waals surface area (Å²) < 4.78 is 0. The molecule has 0 bridgehead atoms. The van der Waals surface area contributed by atoms with Crippen molar-refractivity contribution in [3.05, 3.63) is 132 Å². The summed E-state index contributed by atoms with van der Waals surface area (Å²) in [6.07, 6.45) is 6.92. The van der Waals surface area contributed by atoms with Crippen molar-refractivity contribution in [2.24, 2.45) is 0 Å². The molecule has 0 fully saturated rings. The van der Waals surface area contributed by atoms with Gasteiger partial charge in [0, 0.05) is 26.8 Å². The van der Waals surface area contributed by atoms with Gasteiger partial charge < -0.3 is 29.7 Å². The van der Waals surface area contributed by atoms with E-state index in [2.05, 4.69) is 140 Å². The van der Waals surface area contributed by atoms with E-state index < -0.39 is 0 Å². The van der Waals surface area contributed by atoms with E-state index in [1.54, 1.807) is 0 Å². The number of hydrogen-bond acceptors (Lipinski definition) is 1. The molecule has 0 spiro atoms. The molecule has 0 atom stereocenters. The van der Waals surface area contributed by atoms with Gasteiger partial charge in [0.15, 0.2) is 0 Å². The molecular formula is C32H30Cl2NSiZr. The second-order valence-electron chi connectivity index (χ2n) is 9.29. The van der Waals surface area contributed by atoms with Crippen LogP contribution in [0.1, 0.15) is 5.56 Å². The van der Waals surface area contributed by atoms with Gasteiger partial charge in [-0.05, 0) is 46.6 Å². The van der Waals surface area contributed by atoms with Gasteiger partial charge in [-0.2, -0.15) is 6.07 Å². The smallest absolute Gasteiger partial charge is 1.00 e. The Hall–Kier alpha value is -2.16. The molecule has 6 rings (SSSR count). The number of para-hydroxylation sites is 1. The molecule has 185 valence electrons. The molecule has 2 aliphatic rings. The van der Waals surface area contributed by atoms with Crippen molar-refractivity contribution in [1.29, 1.82) is 0 Å². The predicted octanol–water partition coefficient (Wildman–Crippen LogP) is 1.93. The second kappa shape index (κ2) is 14.1. The number of fused-ring (bicyclic) bond motifs is 2. The second-order valence-corrected chi connectivity index (χ2v) is 11.7. The Kier molecular flexibility index (Phi) is 11.9. The minimum atomic E-state index is -0.292. The molecule has 37 heavy (non-hydrogen) atoms. The number of benzene rings is 3. The Morgan fingerprint density at radius 3 is 2.16 bits per heavy atom. The van der Waals surface area contributed by atoms with E-state index in [0.29, 0.717) is 0 Å². The summed E-state index contributed by atoms with van der Waals surface area (Å²) in [6, 6.07) is 32.1. The number of anilines is 1. The Balaban J connectivity index is 0.000000242. The first-order chi connectivity index (χ1) is 16.6. The van der Waals surface area contributed by atoms with E-state index in [1.165, 1.54) is 49.9 Å². The summed E-state index contributed by atoms with van der Waals surface area (Å²) in [5.74, 6) is 0. The van der Waals surface area contributed by atoms with Crippen LogP contribution in [0.5, 0.6) is 0 Å². The largest absolute Gasteiger partial charge is 3.00 e. The fraction of sp³-hybridized carbons (Fsp3) is 0.125. The summed E-state index contributed by atoms with van der Waals surface area (Å²) >= 11 is 0. The Bertz CT molecular complexity index is 1450. The average molecular weight is 619 g/mol. The minimum absolute atomic E-state index is 0. The molecule has 1 aliphatic heterocycles. The summed E-state index contributed by atoms with van der Waals surface area (Å²) in [6.45, 7) is 7.79. The van der Waals surface area contributed by atoms with Gasteiger partial charge in [-0.25, -0.2) is 0 Å². The number of rotatable bonds is 3. The summed E-state index contributed by atoms with van der Waals surface area (Å²) in [5.41, 5.74) is 11.9. The molecule has 5 heteroatoms. The van der Waals surface area contributed by atoms with Crippen molar-refractivity contribution >= 4 is 30.5 Å². The molecule has 0 saturated carbocycles. The third-order valence-electron chi connectivity index (χ3n) is 6.19. The van der Waals surface area contributed by atoms with Gasteiger partial charge in [0.2, 0.25) is 0 Å². The average Bonchev–Trinajstić information content (AvgIpc) is 3.52. The maximum Gasteiger partial charge on any atom is 3.00 e. The minimum Gasteiger partial charge on any atom is -1.00 e. The monoisotopic (exact) mass is 616 g/mol. The Labute approximate surface area is 254 Å². The van der Waals surface area contributed by atoms with Gasteiger partial charge in [-0.15, -0.1) is 34.5 Å². The molecule has 4 aromatic carbocycles. The van der Waals surface area contributed by atoms with Crippen LogP contribution in [0.2, 0.25) is 13.1 Å². The van der Waals surface area contributed by atoms with Crippen LogP contribution in [0.25, 0.3) is 21.9 Å². The van der Waals surface area contributed by atoms with Crippen LogP contribution in [0.4, 0.5) is 5.69 Å². The molecule has 4 aromatic rings. The van der Waals surface area contributed by atoms with Crippen molar-refractivity contribution < 1.29 is 51.0 Å². The van der Waals surface area contributed by atoms with Crippen molar-refractivity contribution in [3.8, 4) is 11.1 Å². The van der Waals surface area contributed by atoms with Crippen molar-refractivity contribution in [2.75, 3.05) is 11.4 Å². The van der Waals surface area contributed by atoms with E-state index in [1.807, 2.05) is 0 Å². The van der Waals surface area contributed by atoms with Gasteiger partial charge in [0.25, 0.3) is 0 Å². The van der Waals surface area contributed by atoms with Gasteiger partial charge in [-0.3, -0.25) is 0 Å². The SMILES string of the molecule is C[Si](C)=CC1=CC2=CN(c3ccccc3)CC2=C1.Cc1cc2c(-c3ccccc3)cccc2[cH-]1.[Cl-].[Cl-].[Zr+3]. The van der Waals surface area contributed by atoms with E-state index in [4.69, 9.17) is 0 Å². The van der Waals surface area contributed by atoms with Crippen molar-refractivity contribution in [3.63, 3.8) is 0 Å². The number of hydrogen-bond donors (Lipinski definition) is 0. The third kappa shape index (κ3) is 7.45. The zero-order chi connectivity index (χ0) is 23.5. The zero-order valence-electron chi connectivity index (χ0n) is 21.4. The first-order valence-electron chi connectivity index (χ1n) is 11.9. The normalized spacial score (nSPS) is 12.9. The van der Waals surface area contributed by atoms with Crippen LogP contribution in [0.15, 0.2) is 126 Å². The van der Waals surface area contributed by atoms with Gasteiger partial charge in [-0.1, -0.05) is 85.9 Å². The topological polar surface area (TPSA) is 3.24 Å². The first kappa shape index (κ1) is 31.1. The molecule has 1 nitrogen and oxygen atoms in total. The number of halogens is 2. The van der Waals surface area contributed by atoms with Crippen LogP contribution in [0.3, 0.4) is 0 Å². The van der Waals surface area contributed by atoms with Gasteiger partial charge >= 0.3 is 26.2 Å². The quantitative estimate of drug-likeness (QED) is 0.251. The third-order valence-corrected chi connectivity index (χ3v) is 7.10. The fourth-order valence-corrected chi connectivity index (χ4v) is 5.54. The maximum absolute atomic E-state index is 2.42. The van der Waals surface area contributed by atoms with E-state index in [-0.39, 0.29) is 59.4 Å². The number of aryl methyl sites for hydroxylation is 1.